The van der Waals surface area contributed by atoms with Crippen molar-refractivity contribution < 1.29 is 4.79 Å². The number of hydrogen-bond acceptors (Lipinski definition) is 2. The third kappa shape index (κ3) is 2.33. The molecule has 16 heavy (non-hydrogen) atoms. The Morgan fingerprint density at radius 3 is 2.81 bits per heavy atom. The van der Waals surface area contributed by atoms with Gasteiger partial charge in [0.15, 0.2) is 5.78 Å². The summed E-state index contributed by atoms with van der Waals surface area (Å²) in [6, 6.07) is 6.08. The molecular formula is C14H19NO. The summed E-state index contributed by atoms with van der Waals surface area (Å²) in [6.07, 6.45) is 2.14. The highest BCUT2D eigenvalue weighted by molar-refractivity contribution is 5.99. The molecule has 1 heterocycles. The van der Waals surface area contributed by atoms with Crippen molar-refractivity contribution in [3.05, 3.63) is 34.9 Å². The molecule has 2 rings (SSSR count). The molecule has 0 bridgehead atoms. The van der Waals surface area contributed by atoms with Gasteiger partial charge in [-0.2, -0.15) is 0 Å². The van der Waals surface area contributed by atoms with Crippen molar-refractivity contribution in [3.8, 4) is 0 Å². The zero-order valence-electron chi connectivity index (χ0n) is 10.0. The normalized spacial score (nSPS) is 20.8. The van der Waals surface area contributed by atoms with Gasteiger partial charge < -0.3 is 5.32 Å². The summed E-state index contributed by atoms with van der Waals surface area (Å²) in [7, 11) is 0. The molecule has 0 saturated carbocycles. The van der Waals surface area contributed by atoms with Gasteiger partial charge in [-0.05, 0) is 38.8 Å². The zero-order valence-corrected chi connectivity index (χ0v) is 10.0. The smallest absolute Gasteiger partial charge is 0.167 e. The average molecular weight is 217 g/mol. The van der Waals surface area contributed by atoms with Crippen molar-refractivity contribution in [2.45, 2.75) is 26.7 Å². The number of piperidine rings is 1. The quantitative estimate of drug-likeness (QED) is 0.771. The number of carbonyl (C=O) groups is 1. The summed E-state index contributed by atoms with van der Waals surface area (Å²) >= 11 is 0. The molecule has 0 radical (unpaired) electrons. The Morgan fingerprint density at radius 2 is 2.19 bits per heavy atom. The first kappa shape index (κ1) is 11.3. The summed E-state index contributed by atoms with van der Waals surface area (Å²) in [5.41, 5.74) is 3.23. The highest BCUT2D eigenvalue weighted by atomic mass is 16.1. The molecule has 2 heteroatoms. The number of hydrogen-bond donors (Lipinski definition) is 1. The third-order valence-corrected chi connectivity index (χ3v) is 3.32. The molecule has 1 N–H and O–H groups in total. The van der Waals surface area contributed by atoms with Crippen LogP contribution < -0.4 is 5.32 Å². The van der Waals surface area contributed by atoms with Crippen LogP contribution >= 0.6 is 0 Å². The second-order valence-corrected chi connectivity index (χ2v) is 4.73. The lowest BCUT2D eigenvalue weighted by atomic mass is 9.89. The SMILES string of the molecule is Cc1ccc(C(=O)C2CCCNC2)c(C)c1. The van der Waals surface area contributed by atoms with Gasteiger partial charge in [0.1, 0.15) is 0 Å². The maximum Gasteiger partial charge on any atom is 0.167 e. The summed E-state index contributed by atoms with van der Waals surface area (Å²) < 4.78 is 0. The first-order valence-electron chi connectivity index (χ1n) is 6.00. The molecule has 2 nitrogen and oxygen atoms in total. The van der Waals surface area contributed by atoms with Gasteiger partial charge in [-0.3, -0.25) is 4.79 Å². The van der Waals surface area contributed by atoms with Crippen LogP contribution in [0.2, 0.25) is 0 Å². The first-order valence-corrected chi connectivity index (χ1v) is 6.00. The molecule has 0 aliphatic carbocycles. The number of nitrogens with one attached hydrogen (secondary N) is 1. The molecule has 1 fully saturated rings. The van der Waals surface area contributed by atoms with Crippen LogP contribution in [0.1, 0.15) is 34.3 Å². The molecule has 1 aromatic carbocycles. The third-order valence-electron chi connectivity index (χ3n) is 3.32. The van der Waals surface area contributed by atoms with Crippen molar-refractivity contribution in [2.24, 2.45) is 5.92 Å². The van der Waals surface area contributed by atoms with Crippen LogP contribution in [0.25, 0.3) is 0 Å². The van der Waals surface area contributed by atoms with E-state index in [4.69, 9.17) is 0 Å². The van der Waals surface area contributed by atoms with Gasteiger partial charge in [-0.15, -0.1) is 0 Å². The minimum Gasteiger partial charge on any atom is -0.316 e. The molecule has 0 aromatic heterocycles. The summed E-state index contributed by atoms with van der Waals surface area (Å²) in [5.74, 6) is 0.486. The number of benzene rings is 1. The van der Waals surface area contributed by atoms with E-state index in [9.17, 15) is 4.79 Å². The summed E-state index contributed by atoms with van der Waals surface area (Å²) in [5, 5.41) is 3.30. The fraction of sp³-hybridized carbons (Fsp3) is 0.500. The lowest BCUT2D eigenvalue weighted by Crippen LogP contribution is -2.34. The van der Waals surface area contributed by atoms with E-state index in [1.165, 1.54) is 5.56 Å². The molecule has 86 valence electrons. The standard InChI is InChI=1S/C14H19NO/c1-10-5-6-13(11(2)8-10)14(16)12-4-3-7-15-9-12/h5-6,8,12,15H,3-4,7,9H2,1-2H3. The van der Waals surface area contributed by atoms with Crippen LogP contribution in [-0.2, 0) is 0 Å². The number of ketones is 1. The lowest BCUT2D eigenvalue weighted by Gasteiger charge is -2.22. The van der Waals surface area contributed by atoms with Crippen molar-refractivity contribution >= 4 is 5.78 Å². The predicted molar refractivity (Wildman–Crippen MR) is 65.8 cm³/mol. The molecule has 1 unspecified atom stereocenters. The maximum absolute atomic E-state index is 12.3. The van der Waals surface area contributed by atoms with E-state index < -0.39 is 0 Å². The predicted octanol–water partition coefficient (Wildman–Crippen LogP) is 2.49. The van der Waals surface area contributed by atoms with Crippen LogP contribution in [0.4, 0.5) is 0 Å². The first-order chi connectivity index (χ1) is 7.68. The van der Waals surface area contributed by atoms with Crippen LogP contribution in [0.3, 0.4) is 0 Å². The topological polar surface area (TPSA) is 29.1 Å². The van der Waals surface area contributed by atoms with E-state index in [2.05, 4.69) is 18.3 Å². The van der Waals surface area contributed by atoms with Gasteiger partial charge in [0.2, 0.25) is 0 Å². The van der Waals surface area contributed by atoms with Gasteiger partial charge in [0.25, 0.3) is 0 Å². The van der Waals surface area contributed by atoms with Crippen LogP contribution in [0.15, 0.2) is 18.2 Å². The fourth-order valence-corrected chi connectivity index (χ4v) is 2.39. The lowest BCUT2D eigenvalue weighted by molar-refractivity contribution is 0.0899. The number of aryl methyl sites for hydroxylation is 2. The number of Topliss-reactive ketones (excluding diaryl/α,β-unsaturated/α-hetero) is 1. The Balaban J connectivity index is 2.19. The van der Waals surface area contributed by atoms with Gasteiger partial charge in [-0.1, -0.05) is 23.8 Å². The molecular weight excluding hydrogens is 198 g/mol. The number of carbonyl (C=O) groups excluding carboxylic acids is 1. The van der Waals surface area contributed by atoms with Crippen LogP contribution in [0, 0.1) is 19.8 Å². The number of rotatable bonds is 2. The largest absolute Gasteiger partial charge is 0.316 e. The average Bonchev–Trinajstić information content (AvgIpc) is 2.29. The molecule has 1 atom stereocenters. The second-order valence-electron chi connectivity index (χ2n) is 4.73. The van der Waals surface area contributed by atoms with Crippen molar-refractivity contribution in [2.75, 3.05) is 13.1 Å². The highest BCUT2D eigenvalue weighted by Crippen LogP contribution is 2.19. The van der Waals surface area contributed by atoms with Gasteiger partial charge >= 0.3 is 0 Å². The van der Waals surface area contributed by atoms with Gasteiger partial charge in [0.05, 0.1) is 0 Å². The summed E-state index contributed by atoms with van der Waals surface area (Å²) in [6.45, 7) is 5.97. The minimum atomic E-state index is 0.176. The van der Waals surface area contributed by atoms with E-state index in [0.717, 1.165) is 37.1 Å². The molecule has 1 aromatic rings. The Labute approximate surface area is 97.1 Å². The van der Waals surface area contributed by atoms with Crippen molar-refractivity contribution in [3.63, 3.8) is 0 Å². The molecule has 1 aliphatic rings. The van der Waals surface area contributed by atoms with E-state index in [1.807, 2.05) is 19.1 Å². The molecule has 0 spiro atoms. The van der Waals surface area contributed by atoms with E-state index in [0.29, 0.717) is 5.78 Å². The zero-order chi connectivity index (χ0) is 11.5. The minimum absolute atomic E-state index is 0.176. The van der Waals surface area contributed by atoms with E-state index in [1.54, 1.807) is 0 Å². The van der Waals surface area contributed by atoms with Crippen LogP contribution in [0.5, 0.6) is 0 Å². The summed E-state index contributed by atoms with van der Waals surface area (Å²) in [4.78, 5) is 12.3. The maximum atomic E-state index is 12.3. The van der Waals surface area contributed by atoms with Gasteiger partial charge in [0, 0.05) is 18.0 Å². The second kappa shape index (κ2) is 4.79. The van der Waals surface area contributed by atoms with Crippen LogP contribution in [-0.4, -0.2) is 18.9 Å². The Morgan fingerprint density at radius 1 is 1.38 bits per heavy atom. The monoisotopic (exact) mass is 217 g/mol. The molecule has 1 saturated heterocycles. The van der Waals surface area contributed by atoms with Gasteiger partial charge in [-0.25, -0.2) is 0 Å². The van der Waals surface area contributed by atoms with E-state index >= 15 is 0 Å². The van der Waals surface area contributed by atoms with E-state index in [-0.39, 0.29) is 5.92 Å². The highest BCUT2D eigenvalue weighted by Gasteiger charge is 2.22. The van der Waals surface area contributed by atoms with Crippen molar-refractivity contribution in [1.82, 2.24) is 5.32 Å². The molecule has 1 aliphatic heterocycles. The Bertz CT molecular complexity index is 392. The Kier molecular flexibility index (Phi) is 3.39. The molecule has 0 amide bonds. The van der Waals surface area contributed by atoms with Crippen molar-refractivity contribution in [1.29, 1.82) is 0 Å². The Hall–Kier alpha value is -1.15. The fourth-order valence-electron chi connectivity index (χ4n) is 2.39.